The van der Waals surface area contributed by atoms with Gasteiger partial charge in [-0.1, -0.05) is 0 Å². The Balaban J connectivity index is 1.39. The average molecular weight is 376 g/mol. The fourth-order valence-corrected chi connectivity index (χ4v) is 4.22. The number of piperidine rings is 1. The summed E-state index contributed by atoms with van der Waals surface area (Å²) in [5, 5.41) is 1.04. The molecule has 140 valence electrons. The van der Waals surface area contributed by atoms with Crippen LogP contribution in [0.2, 0.25) is 0 Å². The monoisotopic (exact) mass is 375 g/mol. The Bertz CT molecular complexity index is 725. The van der Waals surface area contributed by atoms with E-state index in [1.807, 2.05) is 19.2 Å². The molecule has 2 aromatic rings. The number of morpholine rings is 1. The van der Waals surface area contributed by atoms with Crippen molar-refractivity contribution in [3.8, 4) is 0 Å². The summed E-state index contributed by atoms with van der Waals surface area (Å²) in [5.41, 5.74) is 0. The fraction of sp³-hybridized carbons (Fsp3) is 0.647. The van der Waals surface area contributed by atoms with Gasteiger partial charge in [-0.05, 0) is 25.8 Å². The number of anilines is 3. The van der Waals surface area contributed by atoms with Crippen molar-refractivity contribution >= 4 is 28.4 Å². The minimum atomic E-state index is 0.479. The summed E-state index contributed by atoms with van der Waals surface area (Å²) in [6, 6.07) is 2.48. The molecule has 2 aliphatic heterocycles. The van der Waals surface area contributed by atoms with Crippen LogP contribution in [-0.2, 0) is 4.74 Å². The Labute approximate surface area is 158 Å². The maximum Gasteiger partial charge on any atom is 0.227 e. The molecule has 26 heavy (non-hydrogen) atoms. The van der Waals surface area contributed by atoms with Crippen LogP contribution in [-0.4, -0.2) is 71.8 Å². The quantitative estimate of drug-likeness (QED) is 0.798. The SMILES string of the molecule is Cc1nsc(N2CCC(N(C)c3ccnc(N4CCOCC4)n3)CC2)n1. The smallest absolute Gasteiger partial charge is 0.227 e. The van der Waals surface area contributed by atoms with E-state index in [-0.39, 0.29) is 0 Å². The van der Waals surface area contributed by atoms with Gasteiger partial charge >= 0.3 is 0 Å². The molecule has 0 unspecified atom stereocenters. The summed E-state index contributed by atoms with van der Waals surface area (Å²) < 4.78 is 9.72. The maximum atomic E-state index is 5.42. The predicted molar refractivity (Wildman–Crippen MR) is 103 cm³/mol. The van der Waals surface area contributed by atoms with E-state index >= 15 is 0 Å². The van der Waals surface area contributed by atoms with Crippen molar-refractivity contribution in [3.63, 3.8) is 0 Å². The molecule has 0 N–H and O–H groups in total. The highest BCUT2D eigenvalue weighted by Crippen LogP contribution is 2.26. The molecule has 0 amide bonds. The number of rotatable bonds is 4. The summed E-state index contributed by atoms with van der Waals surface area (Å²) in [5.74, 6) is 2.66. The van der Waals surface area contributed by atoms with Gasteiger partial charge in [0.15, 0.2) is 0 Å². The molecule has 0 atom stereocenters. The third kappa shape index (κ3) is 3.73. The first-order chi connectivity index (χ1) is 12.7. The molecule has 4 heterocycles. The summed E-state index contributed by atoms with van der Waals surface area (Å²) in [6.45, 7) is 7.15. The van der Waals surface area contributed by atoms with Gasteiger partial charge in [0.05, 0.1) is 13.2 Å². The van der Waals surface area contributed by atoms with E-state index in [0.717, 1.165) is 75.0 Å². The summed E-state index contributed by atoms with van der Waals surface area (Å²) in [6.07, 6.45) is 4.04. The van der Waals surface area contributed by atoms with Crippen molar-refractivity contribution in [1.29, 1.82) is 0 Å². The van der Waals surface area contributed by atoms with Crippen LogP contribution in [0.3, 0.4) is 0 Å². The summed E-state index contributed by atoms with van der Waals surface area (Å²) >= 11 is 1.49. The van der Waals surface area contributed by atoms with Crippen LogP contribution >= 0.6 is 11.5 Å². The van der Waals surface area contributed by atoms with Gasteiger partial charge in [0, 0.05) is 57.0 Å². The second kappa shape index (κ2) is 7.71. The molecule has 2 fully saturated rings. The highest BCUT2D eigenvalue weighted by Gasteiger charge is 2.25. The van der Waals surface area contributed by atoms with Crippen molar-refractivity contribution in [2.75, 3.05) is 61.1 Å². The third-order valence-electron chi connectivity index (χ3n) is 5.08. The molecular weight excluding hydrogens is 350 g/mol. The molecule has 0 aromatic carbocycles. The minimum Gasteiger partial charge on any atom is -0.378 e. The molecule has 0 bridgehead atoms. The van der Waals surface area contributed by atoms with Gasteiger partial charge in [0.2, 0.25) is 11.1 Å². The van der Waals surface area contributed by atoms with Crippen LogP contribution in [0.1, 0.15) is 18.7 Å². The first-order valence-corrected chi connectivity index (χ1v) is 9.92. The average Bonchev–Trinajstić information content (AvgIpc) is 3.15. The Kier molecular flexibility index (Phi) is 5.16. The van der Waals surface area contributed by atoms with Gasteiger partial charge < -0.3 is 19.4 Å². The molecule has 0 spiro atoms. The summed E-state index contributed by atoms with van der Waals surface area (Å²) in [4.78, 5) is 20.6. The van der Waals surface area contributed by atoms with Crippen molar-refractivity contribution < 1.29 is 4.74 Å². The Morgan fingerprint density at radius 1 is 1.12 bits per heavy atom. The van der Waals surface area contributed by atoms with E-state index in [0.29, 0.717) is 6.04 Å². The number of nitrogens with zero attached hydrogens (tertiary/aromatic N) is 7. The standard InChI is InChI=1S/C17H25N7OS/c1-13-19-17(26-21-13)24-7-4-14(5-8-24)22(2)15-3-6-18-16(20-15)23-9-11-25-12-10-23/h3,6,14H,4-5,7-12H2,1-2H3. The van der Waals surface area contributed by atoms with Gasteiger partial charge in [0.1, 0.15) is 11.6 Å². The lowest BCUT2D eigenvalue weighted by molar-refractivity contribution is 0.122. The van der Waals surface area contributed by atoms with Crippen molar-refractivity contribution in [2.24, 2.45) is 0 Å². The lowest BCUT2D eigenvalue weighted by Crippen LogP contribution is -2.44. The van der Waals surface area contributed by atoms with E-state index in [9.17, 15) is 0 Å². The van der Waals surface area contributed by atoms with Crippen molar-refractivity contribution in [2.45, 2.75) is 25.8 Å². The Morgan fingerprint density at radius 2 is 1.88 bits per heavy atom. The van der Waals surface area contributed by atoms with Crippen LogP contribution < -0.4 is 14.7 Å². The molecule has 4 rings (SSSR count). The molecule has 9 heteroatoms. The van der Waals surface area contributed by atoms with Crippen LogP contribution in [0, 0.1) is 6.92 Å². The predicted octanol–water partition coefficient (Wildman–Crippen LogP) is 1.58. The number of aryl methyl sites for hydroxylation is 1. The largest absolute Gasteiger partial charge is 0.378 e. The number of hydrogen-bond donors (Lipinski definition) is 0. The molecule has 2 saturated heterocycles. The topological polar surface area (TPSA) is 70.5 Å². The van der Waals surface area contributed by atoms with E-state index in [2.05, 4.69) is 36.1 Å². The molecule has 0 aliphatic carbocycles. The Morgan fingerprint density at radius 3 is 2.58 bits per heavy atom. The molecular formula is C17H25N7OS. The van der Waals surface area contributed by atoms with Crippen molar-refractivity contribution in [3.05, 3.63) is 18.1 Å². The Hall–Kier alpha value is -2.00. The molecule has 2 aliphatic rings. The highest BCUT2D eigenvalue weighted by atomic mass is 32.1. The fourth-order valence-electron chi connectivity index (χ4n) is 3.50. The van der Waals surface area contributed by atoms with Crippen LogP contribution in [0.5, 0.6) is 0 Å². The zero-order valence-corrected chi connectivity index (χ0v) is 16.2. The van der Waals surface area contributed by atoms with Crippen LogP contribution in [0.15, 0.2) is 12.3 Å². The molecule has 0 saturated carbocycles. The number of ether oxygens (including phenoxy) is 1. The first-order valence-electron chi connectivity index (χ1n) is 9.14. The van der Waals surface area contributed by atoms with E-state index < -0.39 is 0 Å². The zero-order valence-electron chi connectivity index (χ0n) is 15.3. The highest BCUT2D eigenvalue weighted by molar-refractivity contribution is 7.09. The summed E-state index contributed by atoms with van der Waals surface area (Å²) in [7, 11) is 2.14. The van der Waals surface area contributed by atoms with Gasteiger partial charge in [-0.25, -0.2) is 9.97 Å². The maximum absolute atomic E-state index is 5.42. The van der Waals surface area contributed by atoms with Crippen molar-refractivity contribution in [1.82, 2.24) is 19.3 Å². The number of hydrogen-bond acceptors (Lipinski definition) is 9. The van der Waals surface area contributed by atoms with Gasteiger partial charge in [-0.2, -0.15) is 9.36 Å². The molecule has 2 aromatic heterocycles. The van der Waals surface area contributed by atoms with Gasteiger partial charge in [0.25, 0.3) is 0 Å². The van der Waals surface area contributed by atoms with Crippen LogP contribution in [0.25, 0.3) is 0 Å². The van der Waals surface area contributed by atoms with E-state index in [4.69, 9.17) is 9.72 Å². The number of aromatic nitrogens is 4. The van der Waals surface area contributed by atoms with E-state index in [1.165, 1.54) is 11.5 Å². The normalized spacial score (nSPS) is 19.0. The molecule has 8 nitrogen and oxygen atoms in total. The minimum absolute atomic E-state index is 0.479. The van der Waals surface area contributed by atoms with Gasteiger partial charge in [-0.3, -0.25) is 0 Å². The molecule has 0 radical (unpaired) electrons. The van der Waals surface area contributed by atoms with E-state index in [1.54, 1.807) is 0 Å². The zero-order chi connectivity index (χ0) is 17.9. The van der Waals surface area contributed by atoms with Gasteiger partial charge in [-0.15, -0.1) is 0 Å². The lowest BCUT2D eigenvalue weighted by Gasteiger charge is -2.37. The lowest BCUT2D eigenvalue weighted by atomic mass is 10.0. The second-order valence-electron chi connectivity index (χ2n) is 6.77. The second-order valence-corrected chi connectivity index (χ2v) is 7.50. The van der Waals surface area contributed by atoms with Crippen LogP contribution in [0.4, 0.5) is 16.9 Å². The third-order valence-corrected chi connectivity index (χ3v) is 5.95. The first kappa shape index (κ1) is 17.4.